The first kappa shape index (κ1) is 17.2. The molecule has 0 saturated heterocycles. The van der Waals surface area contributed by atoms with Crippen LogP contribution in [0.15, 0.2) is 0 Å². The monoisotopic (exact) mass is 279 g/mol. The van der Waals surface area contributed by atoms with E-state index in [4.69, 9.17) is 5.10 Å². The number of nitrogens with one attached hydrogen (secondary N) is 1. The lowest BCUT2D eigenvalue weighted by atomic mass is 10.1. The summed E-state index contributed by atoms with van der Waals surface area (Å²) in [5.41, 5.74) is 4.02. The highest BCUT2D eigenvalue weighted by Crippen LogP contribution is 2.14. The summed E-state index contributed by atoms with van der Waals surface area (Å²) in [5.74, 6) is 0.721. The normalized spacial score (nSPS) is 11.5. The topological polar surface area (TPSA) is 29.9 Å². The van der Waals surface area contributed by atoms with Gasteiger partial charge in [0.15, 0.2) is 0 Å². The average molecular weight is 279 g/mol. The lowest BCUT2D eigenvalue weighted by Gasteiger charge is -2.08. The molecule has 3 nitrogen and oxygen atoms in total. The van der Waals surface area contributed by atoms with Crippen LogP contribution in [0.4, 0.5) is 0 Å². The van der Waals surface area contributed by atoms with Gasteiger partial charge in [-0.25, -0.2) is 0 Å². The molecule has 1 rings (SSSR count). The Bertz CT molecular complexity index is 380. The van der Waals surface area contributed by atoms with E-state index in [-0.39, 0.29) is 0 Å². The third-order valence-corrected chi connectivity index (χ3v) is 3.86. The van der Waals surface area contributed by atoms with Gasteiger partial charge < -0.3 is 5.32 Å². The molecule has 0 saturated carbocycles. The fourth-order valence-electron chi connectivity index (χ4n) is 2.61. The molecule has 1 aromatic rings. The minimum atomic E-state index is 0.721. The van der Waals surface area contributed by atoms with Crippen molar-refractivity contribution in [2.45, 2.75) is 73.3 Å². The molecule has 20 heavy (non-hydrogen) atoms. The Morgan fingerprint density at radius 3 is 2.55 bits per heavy atom. The molecule has 0 aliphatic heterocycles. The molecule has 3 heteroatoms. The predicted molar refractivity (Wildman–Crippen MR) is 87.3 cm³/mol. The van der Waals surface area contributed by atoms with E-state index < -0.39 is 0 Å². The summed E-state index contributed by atoms with van der Waals surface area (Å²) in [5, 5.41) is 8.23. The molecule has 1 heterocycles. The number of aromatic nitrogens is 2. The van der Waals surface area contributed by atoms with Gasteiger partial charge in [0.25, 0.3) is 0 Å². The zero-order chi connectivity index (χ0) is 15.0. The minimum absolute atomic E-state index is 0.721. The molecule has 0 amide bonds. The number of unbranched alkanes of at least 4 members (excludes halogenated alkanes) is 3. The van der Waals surface area contributed by atoms with Gasteiger partial charge in [-0.15, -0.1) is 0 Å². The van der Waals surface area contributed by atoms with Crippen LogP contribution < -0.4 is 5.32 Å². The predicted octanol–water partition coefficient (Wildman–Crippen LogP) is 3.87. The van der Waals surface area contributed by atoms with Crippen LogP contribution in [0.2, 0.25) is 0 Å². The second-order valence-electron chi connectivity index (χ2n) is 6.28. The molecular weight excluding hydrogens is 246 g/mol. The molecule has 0 aliphatic rings. The Hall–Kier alpha value is -0.830. The molecule has 0 bridgehead atoms. The Morgan fingerprint density at radius 2 is 1.90 bits per heavy atom. The maximum Gasteiger partial charge on any atom is 0.0628 e. The van der Waals surface area contributed by atoms with Crippen LogP contribution >= 0.6 is 0 Å². The van der Waals surface area contributed by atoms with Crippen molar-refractivity contribution < 1.29 is 0 Å². The third-order valence-electron chi connectivity index (χ3n) is 3.86. The summed E-state index contributed by atoms with van der Waals surface area (Å²) in [7, 11) is 0. The molecule has 0 unspecified atom stereocenters. The van der Waals surface area contributed by atoms with E-state index in [0.29, 0.717) is 0 Å². The van der Waals surface area contributed by atoms with Gasteiger partial charge in [0.2, 0.25) is 0 Å². The van der Waals surface area contributed by atoms with Gasteiger partial charge in [0, 0.05) is 12.2 Å². The highest BCUT2D eigenvalue weighted by molar-refractivity contribution is 5.24. The number of nitrogens with zero attached hydrogens (tertiary/aromatic N) is 2. The van der Waals surface area contributed by atoms with Gasteiger partial charge in [0.05, 0.1) is 5.69 Å². The van der Waals surface area contributed by atoms with Gasteiger partial charge in [-0.05, 0) is 51.3 Å². The lowest BCUT2D eigenvalue weighted by molar-refractivity contribution is 0.528. The van der Waals surface area contributed by atoms with Gasteiger partial charge >= 0.3 is 0 Å². The first-order valence-electron chi connectivity index (χ1n) is 8.29. The van der Waals surface area contributed by atoms with Crippen molar-refractivity contribution in [1.82, 2.24) is 15.1 Å². The summed E-state index contributed by atoms with van der Waals surface area (Å²) in [4.78, 5) is 0. The van der Waals surface area contributed by atoms with Crippen molar-refractivity contribution in [3.05, 3.63) is 17.0 Å². The highest BCUT2D eigenvalue weighted by Gasteiger charge is 2.10. The number of aryl methyl sites for hydroxylation is 2. The minimum Gasteiger partial charge on any atom is -0.316 e. The fraction of sp³-hybridized carbons (Fsp3) is 0.824. The summed E-state index contributed by atoms with van der Waals surface area (Å²) >= 11 is 0. The van der Waals surface area contributed by atoms with Gasteiger partial charge in [0.1, 0.15) is 0 Å². The smallest absolute Gasteiger partial charge is 0.0628 e. The fourth-order valence-corrected chi connectivity index (χ4v) is 2.61. The van der Waals surface area contributed by atoms with Crippen LogP contribution in [-0.2, 0) is 13.0 Å². The zero-order valence-corrected chi connectivity index (χ0v) is 14.1. The lowest BCUT2D eigenvalue weighted by Crippen LogP contribution is -2.22. The quantitative estimate of drug-likeness (QED) is 0.659. The summed E-state index contributed by atoms with van der Waals surface area (Å²) in [6.07, 6.45) is 6.30. The highest BCUT2D eigenvalue weighted by atomic mass is 15.3. The second kappa shape index (κ2) is 9.17. The van der Waals surface area contributed by atoms with Crippen molar-refractivity contribution in [2.75, 3.05) is 13.1 Å². The van der Waals surface area contributed by atoms with E-state index in [2.05, 4.69) is 44.6 Å². The Labute approximate surface area is 125 Å². The van der Waals surface area contributed by atoms with Crippen molar-refractivity contribution in [1.29, 1.82) is 0 Å². The van der Waals surface area contributed by atoms with Crippen molar-refractivity contribution in [2.24, 2.45) is 5.92 Å². The van der Waals surface area contributed by atoms with E-state index in [9.17, 15) is 0 Å². The molecule has 0 aliphatic carbocycles. The van der Waals surface area contributed by atoms with Crippen LogP contribution in [-0.4, -0.2) is 22.9 Å². The summed E-state index contributed by atoms with van der Waals surface area (Å²) in [6.45, 7) is 14.4. The first-order chi connectivity index (χ1) is 9.56. The van der Waals surface area contributed by atoms with Crippen LogP contribution in [0.1, 0.15) is 63.4 Å². The molecule has 1 aromatic heterocycles. The molecule has 0 atom stereocenters. The first-order valence-corrected chi connectivity index (χ1v) is 8.29. The average Bonchev–Trinajstić information content (AvgIpc) is 2.66. The molecule has 0 aromatic carbocycles. The van der Waals surface area contributed by atoms with Gasteiger partial charge in [-0.3, -0.25) is 4.68 Å². The zero-order valence-electron chi connectivity index (χ0n) is 14.1. The number of rotatable bonds is 10. The third kappa shape index (κ3) is 5.66. The molecular formula is C17H33N3. The summed E-state index contributed by atoms with van der Waals surface area (Å²) in [6, 6.07) is 0. The Morgan fingerprint density at radius 1 is 1.15 bits per heavy atom. The van der Waals surface area contributed by atoms with Crippen LogP contribution in [0, 0.1) is 19.8 Å². The molecule has 0 spiro atoms. The van der Waals surface area contributed by atoms with E-state index >= 15 is 0 Å². The van der Waals surface area contributed by atoms with E-state index in [0.717, 1.165) is 32.0 Å². The van der Waals surface area contributed by atoms with Gasteiger partial charge in [-0.1, -0.05) is 40.0 Å². The van der Waals surface area contributed by atoms with Crippen molar-refractivity contribution >= 4 is 0 Å². The largest absolute Gasteiger partial charge is 0.316 e. The molecule has 0 fully saturated rings. The number of hydrogen-bond acceptors (Lipinski definition) is 2. The van der Waals surface area contributed by atoms with Crippen molar-refractivity contribution in [3.8, 4) is 0 Å². The SMILES string of the molecule is CCCCCCn1nc(C)c(CCNCC(C)C)c1C. The second-order valence-corrected chi connectivity index (χ2v) is 6.28. The van der Waals surface area contributed by atoms with Crippen LogP contribution in [0.25, 0.3) is 0 Å². The maximum absolute atomic E-state index is 4.71. The maximum atomic E-state index is 4.71. The van der Waals surface area contributed by atoms with Crippen LogP contribution in [0.5, 0.6) is 0 Å². The van der Waals surface area contributed by atoms with Crippen LogP contribution in [0.3, 0.4) is 0 Å². The summed E-state index contributed by atoms with van der Waals surface area (Å²) < 4.78 is 2.21. The molecule has 1 N–H and O–H groups in total. The number of hydrogen-bond donors (Lipinski definition) is 1. The molecule has 0 radical (unpaired) electrons. The molecule has 116 valence electrons. The van der Waals surface area contributed by atoms with E-state index in [1.54, 1.807) is 0 Å². The Balaban J connectivity index is 2.44. The van der Waals surface area contributed by atoms with E-state index in [1.807, 2.05) is 0 Å². The van der Waals surface area contributed by atoms with Crippen molar-refractivity contribution in [3.63, 3.8) is 0 Å². The Kier molecular flexibility index (Phi) is 7.90. The van der Waals surface area contributed by atoms with E-state index in [1.165, 1.54) is 42.6 Å². The standard InChI is InChI=1S/C17H33N3/c1-6-7-8-9-12-20-16(5)17(15(4)19-20)10-11-18-13-14(2)3/h14,18H,6-13H2,1-5H3. The van der Waals surface area contributed by atoms with Gasteiger partial charge in [-0.2, -0.15) is 5.10 Å².